The van der Waals surface area contributed by atoms with E-state index < -0.39 is 0 Å². The maximum absolute atomic E-state index is 6.25. The van der Waals surface area contributed by atoms with Gasteiger partial charge in [-0.15, -0.1) is 0 Å². The van der Waals surface area contributed by atoms with E-state index in [1.165, 1.54) is 5.56 Å². The Labute approximate surface area is 119 Å². The van der Waals surface area contributed by atoms with Gasteiger partial charge in [-0.25, -0.2) is 0 Å². The summed E-state index contributed by atoms with van der Waals surface area (Å²) in [6.07, 6.45) is 6.26. The molecule has 0 aliphatic heterocycles. The molecule has 104 valence electrons. The minimum atomic E-state index is 0.122. The Morgan fingerprint density at radius 1 is 1.47 bits per heavy atom. The van der Waals surface area contributed by atoms with Crippen LogP contribution in [0, 0.1) is 6.92 Å². The molecular weight excluding hydrogens is 260 g/mol. The Morgan fingerprint density at radius 2 is 2.21 bits per heavy atom. The van der Waals surface area contributed by atoms with E-state index in [1.807, 2.05) is 20.2 Å². The van der Waals surface area contributed by atoms with Gasteiger partial charge in [0.1, 0.15) is 5.15 Å². The average molecular weight is 281 g/mol. The van der Waals surface area contributed by atoms with Crippen molar-refractivity contribution in [1.29, 1.82) is 0 Å². The molecule has 0 radical (unpaired) electrons. The standard InChI is InChI=1S/C14H21ClN4/c1-4-5-13(16)11-6-7-19(8-11)9-12-10(2)17-18(3)14(12)15/h6-8,13H,4-5,9,16H2,1-3H3. The molecule has 0 aliphatic rings. The van der Waals surface area contributed by atoms with Crippen LogP contribution in [0.3, 0.4) is 0 Å². The van der Waals surface area contributed by atoms with Crippen molar-refractivity contribution in [2.75, 3.05) is 0 Å². The fraction of sp³-hybridized carbons (Fsp3) is 0.500. The van der Waals surface area contributed by atoms with E-state index in [2.05, 4.69) is 28.9 Å². The van der Waals surface area contributed by atoms with E-state index in [0.717, 1.165) is 30.6 Å². The molecule has 2 aromatic rings. The molecule has 1 unspecified atom stereocenters. The SMILES string of the molecule is CCCC(N)c1ccn(Cc2c(C)nn(C)c2Cl)c1. The average Bonchev–Trinajstić information content (AvgIpc) is 2.91. The highest BCUT2D eigenvalue weighted by Crippen LogP contribution is 2.21. The predicted molar refractivity (Wildman–Crippen MR) is 78.3 cm³/mol. The first kappa shape index (κ1) is 14.2. The molecule has 0 amide bonds. The van der Waals surface area contributed by atoms with Gasteiger partial charge in [0, 0.05) is 31.0 Å². The highest BCUT2D eigenvalue weighted by molar-refractivity contribution is 6.30. The molecule has 2 rings (SSSR count). The van der Waals surface area contributed by atoms with Crippen LogP contribution in [0.25, 0.3) is 0 Å². The summed E-state index contributed by atoms with van der Waals surface area (Å²) in [7, 11) is 1.86. The summed E-state index contributed by atoms with van der Waals surface area (Å²) < 4.78 is 3.82. The molecule has 19 heavy (non-hydrogen) atoms. The fourth-order valence-electron chi connectivity index (χ4n) is 2.29. The van der Waals surface area contributed by atoms with Crippen LogP contribution >= 0.6 is 11.6 Å². The quantitative estimate of drug-likeness (QED) is 0.915. The van der Waals surface area contributed by atoms with Crippen LogP contribution < -0.4 is 5.73 Å². The number of hydrogen-bond acceptors (Lipinski definition) is 2. The molecule has 0 aromatic carbocycles. The van der Waals surface area contributed by atoms with Crippen molar-refractivity contribution < 1.29 is 0 Å². The second kappa shape index (κ2) is 5.80. The summed E-state index contributed by atoms with van der Waals surface area (Å²) in [6, 6.07) is 2.21. The van der Waals surface area contributed by atoms with E-state index in [4.69, 9.17) is 17.3 Å². The molecule has 0 saturated carbocycles. The first-order valence-corrected chi connectivity index (χ1v) is 7.00. The number of nitrogens with two attached hydrogens (primary N) is 1. The topological polar surface area (TPSA) is 48.8 Å². The highest BCUT2D eigenvalue weighted by atomic mass is 35.5. The lowest BCUT2D eigenvalue weighted by Gasteiger charge is -2.07. The molecule has 4 nitrogen and oxygen atoms in total. The normalized spacial score (nSPS) is 12.9. The number of aromatic nitrogens is 3. The van der Waals surface area contributed by atoms with E-state index in [-0.39, 0.29) is 6.04 Å². The van der Waals surface area contributed by atoms with Crippen LogP contribution in [0.5, 0.6) is 0 Å². The molecule has 2 N–H and O–H groups in total. The summed E-state index contributed by atoms with van der Waals surface area (Å²) in [6.45, 7) is 4.86. The smallest absolute Gasteiger partial charge is 0.131 e. The van der Waals surface area contributed by atoms with Gasteiger partial charge in [-0.1, -0.05) is 24.9 Å². The molecule has 0 saturated heterocycles. The predicted octanol–water partition coefficient (Wildman–Crippen LogP) is 3.03. The second-order valence-corrected chi connectivity index (χ2v) is 5.35. The summed E-state index contributed by atoms with van der Waals surface area (Å²) in [4.78, 5) is 0. The lowest BCUT2D eigenvalue weighted by molar-refractivity contribution is 0.636. The van der Waals surface area contributed by atoms with Gasteiger partial charge in [-0.05, 0) is 25.0 Å². The van der Waals surface area contributed by atoms with Crippen LogP contribution in [0.2, 0.25) is 5.15 Å². The Hall–Kier alpha value is -1.26. The Bertz CT molecular complexity index is 556. The lowest BCUT2D eigenvalue weighted by atomic mass is 10.1. The largest absolute Gasteiger partial charge is 0.349 e. The molecule has 0 bridgehead atoms. The number of nitrogens with zero attached hydrogens (tertiary/aromatic N) is 3. The van der Waals surface area contributed by atoms with E-state index in [1.54, 1.807) is 4.68 Å². The zero-order chi connectivity index (χ0) is 14.0. The van der Waals surface area contributed by atoms with Crippen LogP contribution in [0.4, 0.5) is 0 Å². The third kappa shape index (κ3) is 3.01. The van der Waals surface area contributed by atoms with Crippen molar-refractivity contribution in [1.82, 2.24) is 14.3 Å². The number of rotatable bonds is 5. The summed E-state index contributed by atoms with van der Waals surface area (Å²) >= 11 is 6.25. The van der Waals surface area contributed by atoms with Crippen molar-refractivity contribution in [3.63, 3.8) is 0 Å². The molecular formula is C14H21ClN4. The third-order valence-corrected chi connectivity index (χ3v) is 3.88. The zero-order valence-corrected chi connectivity index (χ0v) is 12.5. The molecule has 0 aliphatic carbocycles. The fourth-order valence-corrected chi connectivity index (χ4v) is 2.53. The molecule has 0 fully saturated rings. The molecule has 5 heteroatoms. The Kier molecular flexibility index (Phi) is 4.32. The number of aryl methyl sites for hydroxylation is 2. The number of hydrogen-bond donors (Lipinski definition) is 1. The highest BCUT2D eigenvalue weighted by Gasteiger charge is 2.12. The van der Waals surface area contributed by atoms with Gasteiger partial charge in [0.05, 0.1) is 12.2 Å². The van der Waals surface area contributed by atoms with Crippen LogP contribution in [-0.2, 0) is 13.6 Å². The monoisotopic (exact) mass is 280 g/mol. The first-order chi connectivity index (χ1) is 9.02. The van der Waals surface area contributed by atoms with E-state index in [0.29, 0.717) is 5.15 Å². The van der Waals surface area contributed by atoms with Crippen molar-refractivity contribution in [3.05, 3.63) is 40.4 Å². The van der Waals surface area contributed by atoms with Crippen molar-refractivity contribution in [2.24, 2.45) is 12.8 Å². The van der Waals surface area contributed by atoms with Crippen molar-refractivity contribution in [3.8, 4) is 0 Å². The first-order valence-electron chi connectivity index (χ1n) is 6.62. The Balaban J connectivity index is 2.16. The van der Waals surface area contributed by atoms with E-state index in [9.17, 15) is 0 Å². The Morgan fingerprint density at radius 3 is 2.79 bits per heavy atom. The van der Waals surface area contributed by atoms with Gasteiger partial charge in [-0.3, -0.25) is 4.68 Å². The van der Waals surface area contributed by atoms with Crippen LogP contribution in [-0.4, -0.2) is 14.3 Å². The maximum atomic E-state index is 6.25. The van der Waals surface area contributed by atoms with Gasteiger partial charge in [0.2, 0.25) is 0 Å². The van der Waals surface area contributed by atoms with Crippen molar-refractivity contribution >= 4 is 11.6 Å². The van der Waals surface area contributed by atoms with Crippen molar-refractivity contribution in [2.45, 2.75) is 39.3 Å². The summed E-state index contributed by atoms with van der Waals surface area (Å²) in [5.74, 6) is 0. The molecule has 0 spiro atoms. The van der Waals surface area contributed by atoms with Crippen LogP contribution in [0.1, 0.15) is 42.6 Å². The van der Waals surface area contributed by atoms with E-state index >= 15 is 0 Å². The maximum Gasteiger partial charge on any atom is 0.131 e. The molecule has 2 aromatic heterocycles. The van der Waals surface area contributed by atoms with Gasteiger partial charge in [0.25, 0.3) is 0 Å². The number of halogens is 1. The third-order valence-electron chi connectivity index (χ3n) is 3.41. The lowest BCUT2D eigenvalue weighted by Crippen LogP contribution is -2.08. The molecule has 1 atom stereocenters. The minimum absolute atomic E-state index is 0.122. The van der Waals surface area contributed by atoms with Crippen LogP contribution in [0.15, 0.2) is 18.5 Å². The minimum Gasteiger partial charge on any atom is -0.349 e. The molecule has 2 heterocycles. The summed E-state index contributed by atoms with van der Waals surface area (Å²) in [5.41, 5.74) is 9.34. The second-order valence-electron chi connectivity index (χ2n) is 4.99. The van der Waals surface area contributed by atoms with Gasteiger partial charge >= 0.3 is 0 Å². The van der Waals surface area contributed by atoms with Gasteiger partial charge in [0.15, 0.2) is 0 Å². The summed E-state index contributed by atoms with van der Waals surface area (Å²) in [5, 5.41) is 5.02. The zero-order valence-electron chi connectivity index (χ0n) is 11.7. The van der Waals surface area contributed by atoms with Gasteiger partial charge in [-0.2, -0.15) is 5.10 Å². The van der Waals surface area contributed by atoms with Gasteiger partial charge < -0.3 is 10.3 Å².